The second-order valence-electron chi connectivity index (χ2n) is 5.30. The summed E-state index contributed by atoms with van der Waals surface area (Å²) in [6, 6.07) is 12.3. The molecule has 0 radical (unpaired) electrons. The van der Waals surface area contributed by atoms with Crippen molar-refractivity contribution in [1.82, 2.24) is 10.2 Å². The van der Waals surface area contributed by atoms with Gasteiger partial charge in [0.2, 0.25) is 5.88 Å². The van der Waals surface area contributed by atoms with Crippen LogP contribution in [0.1, 0.15) is 10.4 Å². The number of hydrogen-bond donors (Lipinski definition) is 0. The van der Waals surface area contributed by atoms with Gasteiger partial charge in [-0.1, -0.05) is 0 Å². The summed E-state index contributed by atoms with van der Waals surface area (Å²) >= 11 is 0. The Kier molecular flexibility index (Phi) is 5.02. The molecule has 136 valence electrons. The highest BCUT2D eigenvalue weighted by molar-refractivity contribution is 5.92. The average Bonchev–Trinajstić information content (AvgIpc) is 2.68. The maximum Gasteiger partial charge on any atom is 0.345 e. The first-order chi connectivity index (χ1) is 13.0. The van der Waals surface area contributed by atoms with Gasteiger partial charge in [-0.25, -0.2) is 9.18 Å². The van der Waals surface area contributed by atoms with Crippen LogP contribution in [0.4, 0.5) is 10.1 Å². The van der Waals surface area contributed by atoms with E-state index in [9.17, 15) is 19.3 Å². The summed E-state index contributed by atoms with van der Waals surface area (Å²) in [5, 5.41) is 18.7. The maximum absolute atomic E-state index is 13.0. The smallest absolute Gasteiger partial charge is 0.345 e. The fraction of sp³-hybridized carbons (Fsp3) is 0.0556. The lowest BCUT2D eigenvalue weighted by Gasteiger charge is -2.06. The van der Waals surface area contributed by atoms with Crippen LogP contribution in [0.25, 0.3) is 11.3 Å². The first-order valence-electron chi connectivity index (χ1n) is 7.62. The Labute approximate surface area is 152 Å². The SMILES string of the molecule is COc1ccc(C(=O)Oc2ccc(-c3ccc(F)cc3)nn2)cc1[N+](=O)[O-]. The second kappa shape index (κ2) is 7.56. The molecule has 2 aromatic carbocycles. The lowest BCUT2D eigenvalue weighted by atomic mass is 10.1. The predicted molar refractivity (Wildman–Crippen MR) is 92.0 cm³/mol. The van der Waals surface area contributed by atoms with Gasteiger partial charge in [0.15, 0.2) is 5.75 Å². The van der Waals surface area contributed by atoms with Gasteiger partial charge in [-0.2, -0.15) is 0 Å². The van der Waals surface area contributed by atoms with Crippen LogP contribution in [0.15, 0.2) is 54.6 Å². The van der Waals surface area contributed by atoms with Gasteiger partial charge in [-0.3, -0.25) is 10.1 Å². The number of carbonyl (C=O) groups excluding carboxylic acids is 1. The van der Waals surface area contributed by atoms with Crippen molar-refractivity contribution in [2.24, 2.45) is 0 Å². The molecule has 9 heteroatoms. The van der Waals surface area contributed by atoms with E-state index in [0.717, 1.165) is 6.07 Å². The number of nitro benzene ring substituents is 1. The van der Waals surface area contributed by atoms with Crippen molar-refractivity contribution in [3.05, 3.63) is 76.1 Å². The van der Waals surface area contributed by atoms with Gasteiger partial charge in [-0.05, 0) is 42.5 Å². The van der Waals surface area contributed by atoms with Gasteiger partial charge in [0.05, 0.1) is 23.3 Å². The van der Waals surface area contributed by atoms with Crippen LogP contribution in [-0.4, -0.2) is 28.2 Å². The number of nitro groups is 1. The van der Waals surface area contributed by atoms with Crippen LogP contribution >= 0.6 is 0 Å². The molecule has 3 aromatic rings. The van der Waals surface area contributed by atoms with Crippen LogP contribution in [-0.2, 0) is 0 Å². The lowest BCUT2D eigenvalue weighted by Crippen LogP contribution is -2.10. The molecule has 0 amide bonds. The normalized spacial score (nSPS) is 10.3. The molecule has 0 saturated heterocycles. The van der Waals surface area contributed by atoms with Crippen LogP contribution in [0.3, 0.4) is 0 Å². The number of nitrogens with zero attached hydrogens (tertiary/aromatic N) is 3. The number of halogens is 1. The number of rotatable bonds is 5. The topological polar surface area (TPSA) is 104 Å². The highest BCUT2D eigenvalue weighted by Crippen LogP contribution is 2.28. The fourth-order valence-corrected chi connectivity index (χ4v) is 2.26. The Balaban J connectivity index is 1.77. The summed E-state index contributed by atoms with van der Waals surface area (Å²) in [5.41, 5.74) is 0.721. The first-order valence-corrected chi connectivity index (χ1v) is 7.62. The minimum absolute atomic E-state index is 0.0278. The van der Waals surface area contributed by atoms with Gasteiger partial charge < -0.3 is 9.47 Å². The van der Waals surface area contributed by atoms with E-state index in [2.05, 4.69) is 10.2 Å². The third kappa shape index (κ3) is 4.03. The molecule has 0 aliphatic heterocycles. The largest absolute Gasteiger partial charge is 0.490 e. The van der Waals surface area contributed by atoms with Gasteiger partial charge in [0, 0.05) is 17.7 Å². The number of ether oxygens (including phenoxy) is 2. The molecule has 0 bridgehead atoms. The number of carbonyl (C=O) groups is 1. The van der Waals surface area contributed by atoms with Gasteiger partial charge in [-0.15, -0.1) is 10.2 Å². The molecule has 0 saturated carbocycles. The molecule has 0 unspecified atom stereocenters. The third-order valence-electron chi connectivity index (χ3n) is 3.59. The van der Waals surface area contributed by atoms with Gasteiger partial charge in [0.1, 0.15) is 5.82 Å². The Hall–Kier alpha value is -3.88. The van der Waals surface area contributed by atoms with Crippen LogP contribution in [0.2, 0.25) is 0 Å². The lowest BCUT2D eigenvalue weighted by molar-refractivity contribution is -0.385. The van der Waals surface area contributed by atoms with Crippen molar-refractivity contribution < 1.29 is 23.6 Å². The molecule has 27 heavy (non-hydrogen) atoms. The Morgan fingerprint density at radius 2 is 1.81 bits per heavy atom. The number of benzene rings is 2. The maximum atomic E-state index is 13.0. The summed E-state index contributed by atoms with van der Waals surface area (Å²) in [4.78, 5) is 22.6. The molecule has 3 rings (SSSR count). The molecule has 0 aliphatic carbocycles. The van der Waals surface area contributed by atoms with E-state index in [1.54, 1.807) is 18.2 Å². The number of hydrogen-bond acceptors (Lipinski definition) is 7. The van der Waals surface area contributed by atoms with Gasteiger partial charge in [0.25, 0.3) is 0 Å². The summed E-state index contributed by atoms with van der Waals surface area (Å²) in [7, 11) is 1.29. The fourth-order valence-electron chi connectivity index (χ4n) is 2.26. The zero-order valence-electron chi connectivity index (χ0n) is 14.0. The summed E-state index contributed by atoms with van der Waals surface area (Å²) in [5.74, 6) is -1.25. The van der Waals surface area contributed by atoms with Crippen molar-refractivity contribution in [1.29, 1.82) is 0 Å². The average molecular weight is 369 g/mol. The molecular weight excluding hydrogens is 357 g/mol. The van der Waals surface area contributed by atoms with Crippen molar-refractivity contribution in [2.45, 2.75) is 0 Å². The first kappa shape index (κ1) is 17.9. The van der Waals surface area contributed by atoms with E-state index >= 15 is 0 Å². The van der Waals surface area contributed by atoms with E-state index in [4.69, 9.17) is 9.47 Å². The van der Waals surface area contributed by atoms with E-state index in [1.165, 1.54) is 37.4 Å². The second-order valence-corrected chi connectivity index (χ2v) is 5.30. The van der Waals surface area contributed by atoms with Crippen molar-refractivity contribution >= 4 is 11.7 Å². The molecule has 0 N–H and O–H groups in total. The highest BCUT2D eigenvalue weighted by Gasteiger charge is 2.19. The zero-order chi connectivity index (χ0) is 19.4. The molecular formula is C18H12FN3O5. The monoisotopic (exact) mass is 369 g/mol. The summed E-state index contributed by atoms with van der Waals surface area (Å²) in [6.45, 7) is 0. The molecule has 1 heterocycles. The van der Waals surface area contributed by atoms with E-state index < -0.39 is 10.9 Å². The summed E-state index contributed by atoms with van der Waals surface area (Å²) in [6.07, 6.45) is 0. The standard InChI is InChI=1S/C18H12FN3O5/c1-26-16-8-4-12(10-15(16)22(24)25)18(23)27-17-9-7-14(20-21-17)11-2-5-13(19)6-3-11/h2-10H,1H3. The van der Waals surface area contributed by atoms with Crippen molar-refractivity contribution in [3.8, 4) is 22.9 Å². The van der Waals surface area contributed by atoms with Gasteiger partial charge >= 0.3 is 11.7 Å². The number of methoxy groups -OCH3 is 1. The molecule has 0 atom stereocenters. The van der Waals surface area contributed by atoms with E-state index in [-0.39, 0.29) is 28.7 Å². The molecule has 0 aliphatic rings. The summed E-state index contributed by atoms with van der Waals surface area (Å²) < 4.78 is 22.9. The number of esters is 1. The van der Waals surface area contributed by atoms with E-state index in [0.29, 0.717) is 11.3 Å². The van der Waals surface area contributed by atoms with Crippen molar-refractivity contribution in [2.75, 3.05) is 7.11 Å². The molecule has 8 nitrogen and oxygen atoms in total. The molecule has 0 fully saturated rings. The van der Waals surface area contributed by atoms with E-state index in [1.807, 2.05) is 0 Å². The molecule has 0 spiro atoms. The molecule has 1 aromatic heterocycles. The minimum Gasteiger partial charge on any atom is -0.490 e. The Bertz CT molecular complexity index is 991. The third-order valence-corrected chi connectivity index (χ3v) is 3.59. The highest BCUT2D eigenvalue weighted by atomic mass is 19.1. The predicted octanol–water partition coefficient (Wildman–Crippen LogP) is 3.42. The number of aromatic nitrogens is 2. The minimum atomic E-state index is -0.829. The Morgan fingerprint density at radius 1 is 1.07 bits per heavy atom. The zero-order valence-corrected chi connectivity index (χ0v) is 14.0. The van der Waals surface area contributed by atoms with Crippen LogP contribution in [0, 0.1) is 15.9 Å². The van der Waals surface area contributed by atoms with Crippen LogP contribution < -0.4 is 9.47 Å². The van der Waals surface area contributed by atoms with Crippen molar-refractivity contribution in [3.63, 3.8) is 0 Å². The quantitative estimate of drug-likeness (QED) is 0.385. The Morgan fingerprint density at radius 3 is 2.41 bits per heavy atom. The van der Waals surface area contributed by atoms with Crippen LogP contribution in [0.5, 0.6) is 11.6 Å².